The number of rotatable bonds is 7. The van der Waals surface area contributed by atoms with Crippen LogP contribution < -0.4 is 0 Å². The van der Waals surface area contributed by atoms with Gasteiger partial charge in [0, 0.05) is 18.9 Å². The van der Waals surface area contributed by atoms with E-state index in [2.05, 4.69) is 17.0 Å². The summed E-state index contributed by atoms with van der Waals surface area (Å²) in [5.41, 5.74) is -1.39. The minimum atomic E-state index is -0.787. The third kappa shape index (κ3) is 10.4. The summed E-state index contributed by atoms with van der Waals surface area (Å²) in [6.45, 7) is 13.2. The van der Waals surface area contributed by atoms with Crippen LogP contribution in [0.2, 0.25) is 0 Å². The highest BCUT2D eigenvalue weighted by Crippen LogP contribution is 2.14. The molecule has 0 atom stereocenters. The Bertz CT molecular complexity index is 685. The van der Waals surface area contributed by atoms with E-state index in [9.17, 15) is 9.59 Å². The van der Waals surface area contributed by atoms with Crippen molar-refractivity contribution in [2.45, 2.75) is 98.2 Å². The lowest BCUT2D eigenvalue weighted by molar-refractivity contribution is 0.0359. The van der Waals surface area contributed by atoms with E-state index < -0.39 is 23.4 Å². The van der Waals surface area contributed by atoms with Crippen LogP contribution in [0.1, 0.15) is 87.0 Å². The number of carbonyl (C=O) groups excluding carboxylic acids is 2. The standard InChI is InChI=1S/C22H38N4O4/c1-8-9-10-11-12-13-16-25(20(28)30-22(5,6)7)18(26-17-14-15-23-26)24-19(27)29-21(2,3)4/h14-15,17H,8-13,16H2,1-7H3. The Hall–Kier alpha value is -2.38. The number of ether oxygens (including phenoxy) is 2. The second-order valence-corrected chi connectivity index (χ2v) is 9.24. The Morgan fingerprint density at radius 2 is 1.57 bits per heavy atom. The Morgan fingerprint density at radius 1 is 0.967 bits per heavy atom. The lowest BCUT2D eigenvalue weighted by atomic mass is 10.1. The van der Waals surface area contributed by atoms with Crippen LogP contribution in [0.4, 0.5) is 9.59 Å². The van der Waals surface area contributed by atoms with E-state index in [1.165, 1.54) is 28.8 Å². The van der Waals surface area contributed by atoms with Gasteiger partial charge in [0.25, 0.3) is 0 Å². The fourth-order valence-electron chi connectivity index (χ4n) is 2.63. The van der Waals surface area contributed by atoms with Crippen LogP contribution >= 0.6 is 0 Å². The topological polar surface area (TPSA) is 86.0 Å². The minimum absolute atomic E-state index is 0.0667. The number of hydrogen-bond donors (Lipinski definition) is 0. The minimum Gasteiger partial charge on any atom is -0.443 e. The quantitative estimate of drug-likeness (QED) is 0.323. The Morgan fingerprint density at radius 3 is 2.10 bits per heavy atom. The molecule has 0 N–H and O–H groups in total. The molecule has 8 heteroatoms. The number of aliphatic imine (C=N–C) groups is 1. The van der Waals surface area contributed by atoms with Crippen LogP contribution in [-0.2, 0) is 9.47 Å². The third-order valence-corrected chi connectivity index (χ3v) is 3.88. The van der Waals surface area contributed by atoms with Gasteiger partial charge in [-0.15, -0.1) is 4.99 Å². The molecule has 0 bridgehead atoms. The van der Waals surface area contributed by atoms with Crippen LogP contribution in [0.5, 0.6) is 0 Å². The van der Waals surface area contributed by atoms with Gasteiger partial charge in [-0.3, -0.25) is 0 Å². The van der Waals surface area contributed by atoms with Crippen LogP contribution in [0, 0.1) is 0 Å². The molecule has 0 saturated carbocycles. The maximum atomic E-state index is 13.0. The Balaban J connectivity index is 3.11. The molecule has 2 amide bonds. The Kier molecular flexibility index (Phi) is 10.0. The summed E-state index contributed by atoms with van der Waals surface area (Å²) in [5, 5.41) is 4.16. The molecular weight excluding hydrogens is 384 g/mol. The molecule has 0 aliphatic heterocycles. The predicted molar refractivity (Wildman–Crippen MR) is 118 cm³/mol. The summed E-state index contributed by atoms with van der Waals surface area (Å²) in [6.07, 6.45) is 8.19. The first-order chi connectivity index (χ1) is 13.9. The third-order valence-electron chi connectivity index (χ3n) is 3.88. The van der Waals surface area contributed by atoms with Gasteiger partial charge < -0.3 is 9.47 Å². The molecule has 0 fully saturated rings. The largest absolute Gasteiger partial charge is 0.443 e. The average Bonchev–Trinajstić information content (AvgIpc) is 3.10. The highest BCUT2D eigenvalue weighted by molar-refractivity contribution is 5.99. The molecule has 0 aromatic carbocycles. The molecule has 1 rings (SSSR count). The van der Waals surface area contributed by atoms with E-state index in [1.807, 2.05) is 0 Å². The maximum Gasteiger partial charge on any atom is 0.437 e. The summed E-state index contributed by atoms with van der Waals surface area (Å²) in [4.78, 5) is 30.8. The second kappa shape index (κ2) is 11.7. The molecule has 170 valence electrons. The fourth-order valence-corrected chi connectivity index (χ4v) is 2.63. The molecule has 1 aromatic rings. The Labute approximate surface area is 180 Å². The first-order valence-corrected chi connectivity index (χ1v) is 10.7. The van der Waals surface area contributed by atoms with Gasteiger partial charge in [-0.2, -0.15) is 5.10 Å². The van der Waals surface area contributed by atoms with Crippen LogP contribution in [-0.4, -0.2) is 50.6 Å². The van der Waals surface area contributed by atoms with E-state index in [0.717, 1.165) is 19.3 Å². The highest BCUT2D eigenvalue weighted by Gasteiger charge is 2.28. The summed E-state index contributed by atoms with van der Waals surface area (Å²) >= 11 is 0. The van der Waals surface area contributed by atoms with Gasteiger partial charge >= 0.3 is 12.2 Å². The van der Waals surface area contributed by atoms with E-state index in [4.69, 9.17) is 9.47 Å². The van der Waals surface area contributed by atoms with Crippen molar-refractivity contribution in [2.75, 3.05) is 6.54 Å². The van der Waals surface area contributed by atoms with Gasteiger partial charge in [0.15, 0.2) is 0 Å². The van der Waals surface area contributed by atoms with Crippen molar-refractivity contribution in [3.63, 3.8) is 0 Å². The zero-order valence-corrected chi connectivity index (χ0v) is 19.6. The summed E-state index contributed by atoms with van der Waals surface area (Å²) < 4.78 is 12.3. The molecule has 0 spiro atoms. The summed E-state index contributed by atoms with van der Waals surface area (Å²) in [7, 11) is 0. The number of carbonyl (C=O) groups is 2. The fraction of sp³-hybridized carbons (Fsp3) is 0.727. The predicted octanol–water partition coefficient (Wildman–Crippen LogP) is 5.62. The number of nitrogens with zero attached hydrogens (tertiary/aromatic N) is 4. The first kappa shape index (κ1) is 25.7. The van der Waals surface area contributed by atoms with Crippen molar-refractivity contribution in [3.8, 4) is 0 Å². The molecule has 1 heterocycles. The molecule has 8 nitrogen and oxygen atoms in total. The molecule has 30 heavy (non-hydrogen) atoms. The highest BCUT2D eigenvalue weighted by atomic mass is 16.6. The van der Waals surface area contributed by atoms with E-state index in [1.54, 1.807) is 60.0 Å². The van der Waals surface area contributed by atoms with E-state index in [0.29, 0.717) is 6.54 Å². The van der Waals surface area contributed by atoms with Crippen LogP contribution in [0.25, 0.3) is 0 Å². The molecule has 0 aliphatic carbocycles. The maximum absolute atomic E-state index is 13.0. The van der Waals surface area contributed by atoms with Gasteiger partial charge in [0.05, 0.1) is 0 Å². The molecule has 1 aromatic heterocycles. The summed E-state index contributed by atoms with van der Waals surface area (Å²) in [6, 6.07) is 1.70. The smallest absolute Gasteiger partial charge is 0.437 e. The van der Waals surface area contributed by atoms with Crippen LogP contribution in [0.15, 0.2) is 23.5 Å². The lowest BCUT2D eigenvalue weighted by Gasteiger charge is -2.28. The second-order valence-electron chi connectivity index (χ2n) is 9.24. The van der Waals surface area contributed by atoms with Crippen molar-refractivity contribution in [1.29, 1.82) is 0 Å². The van der Waals surface area contributed by atoms with E-state index in [-0.39, 0.29) is 5.96 Å². The zero-order chi connectivity index (χ0) is 22.8. The molecular formula is C22H38N4O4. The van der Waals surface area contributed by atoms with Gasteiger partial charge in [0.2, 0.25) is 5.96 Å². The average molecular weight is 423 g/mol. The van der Waals surface area contributed by atoms with Crippen molar-refractivity contribution in [1.82, 2.24) is 14.7 Å². The number of aromatic nitrogens is 2. The molecule has 0 unspecified atom stereocenters. The van der Waals surface area contributed by atoms with Crippen molar-refractivity contribution in [2.24, 2.45) is 4.99 Å². The normalized spacial score (nSPS) is 12.6. The van der Waals surface area contributed by atoms with E-state index >= 15 is 0 Å². The monoisotopic (exact) mass is 422 g/mol. The van der Waals surface area contributed by atoms with Crippen molar-refractivity contribution >= 4 is 18.1 Å². The lowest BCUT2D eigenvalue weighted by Crippen LogP contribution is -2.45. The van der Waals surface area contributed by atoms with Gasteiger partial charge in [-0.25, -0.2) is 19.2 Å². The van der Waals surface area contributed by atoms with Gasteiger partial charge in [-0.05, 0) is 54.0 Å². The van der Waals surface area contributed by atoms with Gasteiger partial charge in [0.1, 0.15) is 11.2 Å². The number of hydrogen-bond acceptors (Lipinski definition) is 5. The van der Waals surface area contributed by atoms with Gasteiger partial charge in [-0.1, -0.05) is 39.0 Å². The molecule has 0 aliphatic rings. The SMILES string of the molecule is CCCCCCCCN(C(=O)OC(C)(C)C)C(=NC(=O)OC(C)(C)C)n1cccn1. The van der Waals surface area contributed by atoms with Crippen molar-refractivity contribution in [3.05, 3.63) is 18.5 Å². The first-order valence-electron chi connectivity index (χ1n) is 10.7. The number of amides is 2. The van der Waals surface area contributed by atoms with Crippen molar-refractivity contribution < 1.29 is 19.1 Å². The summed E-state index contributed by atoms with van der Waals surface area (Å²) in [5.74, 6) is 0.0667. The zero-order valence-electron chi connectivity index (χ0n) is 19.6. The van der Waals surface area contributed by atoms with Crippen LogP contribution in [0.3, 0.4) is 0 Å². The molecule has 0 saturated heterocycles. The number of unbranched alkanes of at least 4 members (excludes halogenated alkanes) is 5. The molecule has 0 radical (unpaired) electrons.